The van der Waals surface area contributed by atoms with Crippen LogP contribution in [-0.4, -0.2) is 51.2 Å². The number of primary sulfonamides is 1. The van der Waals surface area contributed by atoms with E-state index in [2.05, 4.69) is 39.5 Å². The summed E-state index contributed by atoms with van der Waals surface area (Å²) in [4.78, 5) is 6.57. The van der Waals surface area contributed by atoms with Crippen molar-refractivity contribution in [3.63, 3.8) is 0 Å². The van der Waals surface area contributed by atoms with E-state index in [0.29, 0.717) is 5.92 Å². The van der Waals surface area contributed by atoms with Crippen LogP contribution in [0.2, 0.25) is 0 Å². The summed E-state index contributed by atoms with van der Waals surface area (Å²) in [5.74, 6) is 1.13. The first-order chi connectivity index (χ1) is 10.5. The predicted molar refractivity (Wildman–Crippen MR) is 89.3 cm³/mol. The molecule has 1 aliphatic heterocycles. The molecular formula is C15H24N4O2S. The summed E-state index contributed by atoms with van der Waals surface area (Å²) in [6, 6.07) is 10.4. The second-order valence-electron chi connectivity index (χ2n) is 5.44. The minimum absolute atomic E-state index is 0.127. The largest absolute Gasteiger partial charge is 0.357 e. The van der Waals surface area contributed by atoms with Crippen molar-refractivity contribution in [1.29, 1.82) is 0 Å². The van der Waals surface area contributed by atoms with Gasteiger partial charge in [0.2, 0.25) is 10.0 Å². The van der Waals surface area contributed by atoms with Crippen molar-refractivity contribution in [2.45, 2.75) is 19.3 Å². The van der Waals surface area contributed by atoms with Gasteiger partial charge in [-0.2, -0.15) is 0 Å². The molecule has 1 fully saturated rings. The van der Waals surface area contributed by atoms with Gasteiger partial charge in [0.05, 0.1) is 12.3 Å². The van der Waals surface area contributed by atoms with Crippen LogP contribution >= 0.6 is 0 Å². The van der Waals surface area contributed by atoms with Gasteiger partial charge in [-0.25, -0.2) is 13.6 Å². The first kappa shape index (κ1) is 16.8. The topological polar surface area (TPSA) is 87.8 Å². The van der Waals surface area contributed by atoms with Crippen LogP contribution in [0.25, 0.3) is 0 Å². The number of guanidine groups is 1. The lowest BCUT2D eigenvalue weighted by molar-refractivity contribution is 0.487. The Morgan fingerprint density at radius 3 is 2.77 bits per heavy atom. The molecule has 0 saturated carbocycles. The molecular weight excluding hydrogens is 300 g/mol. The van der Waals surface area contributed by atoms with Crippen LogP contribution in [0.15, 0.2) is 35.3 Å². The van der Waals surface area contributed by atoms with Crippen LogP contribution in [0.4, 0.5) is 0 Å². The summed E-state index contributed by atoms with van der Waals surface area (Å²) < 4.78 is 22.0. The number of rotatable bonds is 5. The number of hydrogen-bond donors (Lipinski definition) is 2. The molecule has 2 rings (SSSR count). The molecule has 1 unspecified atom stereocenters. The van der Waals surface area contributed by atoms with Gasteiger partial charge >= 0.3 is 0 Å². The van der Waals surface area contributed by atoms with E-state index in [4.69, 9.17) is 5.14 Å². The molecule has 1 saturated heterocycles. The van der Waals surface area contributed by atoms with E-state index < -0.39 is 10.0 Å². The van der Waals surface area contributed by atoms with Gasteiger partial charge in [0.1, 0.15) is 0 Å². The monoisotopic (exact) mass is 324 g/mol. The molecule has 122 valence electrons. The summed E-state index contributed by atoms with van der Waals surface area (Å²) in [6.45, 7) is 4.75. The minimum Gasteiger partial charge on any atom is -0.357 e. The Kier molecular flexibility index (Phi) is 5.79. The number of nitrogens with two attached hydrogens (primary N) is 1. The zero-order chi connectivity index (χ0) is 16.0. The Labute approximate surface area is 132 Å². The Morgan fingerprint density at radius 2 is 2.14 bits per heavy atom. The van der Waals surface area contributed by atoms with Crippen LogP contribution in [0.5, 0.6) is 0 Å². The molecule has 0 bridgehead atoms. The van der Waals surface area contributed by atoms with Crippen LogP contribution in [0, 0.1) is 0 Å². The minimum atomic E-state index is -3.47. The third kappa shape index (κ3) is 4.99. The van der Waals surface area contributed by atoms with Crippen LogP contribution < -0.4 is 10.5 Å². The van der Waals surface area contributed by atoms with E-state index in [1.807, 2.05) is 13.0 Å². The first-order valence-electron chi connectivity index (χ1n) is 7.58. The van der Waals surface area contributed by atoms with Crippen LogP contribution in [-0.2, 0) is 10.0 Å². The zero-order valence-electron chi connectivity index (χ0n) is 12.9. The Morgan fingerprint density at radius 1 is 1.41 bits per heavy atom. The number of likely N-dealkylation sites (tertiary alicyclic amines) is 1. The fourth-order valence-corrected chi connectivity index (χ4v) is 3.00. The van der Waals surface area contributed by atoms with Crippen molar-refractivity contribution in [2.24, 2.45) is 10.1 Å². The molecule has 1 heterocycles. The van der Waals surface area contributed by atoms with E-state index in [1.165, 1.54) is 5.56 Å². The Balaban J connectivity index is 1.99. The van der Waals surface area contributed by atoms with E-state index >= 15 is 0 Å². The summed E-state index contributed by atoms with van der Waals surface area (Å²) in [5.41, 5.74) is 1.34. The summed E-state index contributed by atoms with van der Waals surface area (Å²) in [7, 11) is -3.47. The third-order valence-corrected chi connectivity index (χ3v) is 4.48. The molecule has 7 heteroatoms. The highest BCUT2D eigenvalue weighted by atomic mass is 32.2. The molecule has 0 amide bonds. The van der Waals surface area contributed by atoms with Crippen LogP contribution in [0.1, 0.15) is 24.8 Å². The molecule has 0 radical (unpaired) electrons. The van der Waals surface area contributed by atoms with Gasteiger partial charge in [0, 0.05) is 25.6 Å². The van der Waals surface area contributed by atoms with Gasteiger partial charge in [0.15, 0.2) is 5.96 Å². The van der Waals surface area contributed by atoms with Crippen molar-refractivity contribution in [3.8, 4) is 0 Å². The normalized spacial score (nSPS) is 19.5. The van der Waals surface area contributed by atoms with E-state index in [1.54, 1.807) is 0 Å². The highest BCUT2D eigenvalue weighted by Crippen LogP contribution is 2.26. The van der Waals surface area contributed by atoms with Crippen molar-refractivity contribution in [3.05, 3.63) is 35.9 Å². The van der Waals surface area contributed by atoms with Gasteiger partial charge in [-0.1, -0.05) is 30.3 Å². The lowest BCUT2D eigenvalue weighted by atomic mass is 9.99. The second-order valence-corrected chi connectivity index (χ2v) is 7.18. The van der Waals surface area contributed by atoms with E-state index in [9.17, 15) is 8.42 Å². The molecule has 1 aliphatic rings. The fourth-order valence-electron chi connectivity index (χ4n) is 2.65. The standard InChI is InChI=1S/C15H24N4O2S/c1-2-17-15(18-9-11-22(16,20)21)19-10-8-14(12-19)13-6-4-3-5-7-13/h3-7,14H,2,8-12H2,1H3,(H,17,18)(H2,16,20,21). The first-order valence-corrected chi connectivity index (χ1v) is 9.30. The lowest BCUT2D eigenvalue weighted by Crippen LogP contribution is -2.40. The molecule has 6 nitrogen and oxygen atoms in total. The summed E-state index contributed by atoms with van der Waals surface area (Å²) in [5, 5.41) is 8.24. The molecule has 1 aromatic rings. The molecule has 22 heavy (non-hydrogen) atoms. The number of nitrogens with one attached hydrogen (secondary N) is 1. The summed E-state index contributed by atoms with van der Waals surface area (Å²) >= 11 is 0. The maximum absolute atomic E-state index is 11.0. The van der Waals surface area contributed by atoms with Gasteiger partial charge in [-0.05, 0) is 18.9 Å². The molecule has 3 N–H and O–H groups in total. The number of benzene rings is 1. The number of aliphatic imine (C=N–C) groups is 1. The fraction of sp³-hybridized carbons (Fsp3) is 0.533. The van der Waals surface area contributed by atoms with E-state index in [0.717, 1.165) is 32.0 Å². The van der Waals surface area contributed by atoms with Gasteiger partial charge < -0.3 is 10.2 Å². The highest BCUT2D eigenvalue weighted by Gasteiger charge is 2.25. The van der Waals surface area contributed by atoms with E-state index in [-0.39, 0.29) is 12.3 Å². The number of hydrogen-bond acceptors (Lipinski definition) is 3. The third-order valence-electron chi connectivity index (χ3n) is 3.73. The molecule has 0 aromatic heterocycles. The average molecular weight is 324 g/mol. The average Bonchev–Trinajstić information content (AvgIpc) is 2.96. The van der Waals surface area contributed by atoms with Crippen molar-refractivity contribution in [2.75, 3.05) is 31.9 Å². The van der Waals surface area contributed by atoms with Crippen molar-refractivity contribution >= 4 is 16.0 Å². The highest BCUT2D eigenvalue weighted by molar-refractivity contribution is 7.89. The van der Waals surface area contributed by atoms with Gasteiger partial charge in [-0.15, -0.1) is 0 Å². The SMILES string of the molecule is CCNC(=NCCS(N)(=O)=O)N1CCC(c2ccccc2)C1. The van der Waals surface area contributed by atoms with Gasteiger partial charge in [-0.3, -0.25) is 4.99 Å². The quantitative estimate of drug-likeness (QED) is 0.617. The van der Waals surface area contributed by atoms with Crippen molar-refractivity contribution < 1.29 is 8.42 Å². The molecule has 0 spiro atoms. The maximum Gasteiger partial charge on any atom is 0.210 e. The number of nitrogens with zero attached hydrogens (tertiary/aromatic N) is 2. The molecule has 1 atom stereocenters. The predicted octanol–water partition coefficient (Wildman–Crippen LogP) is 0.730. The maximum atomic E-state index is 11.0. The zero-order valence-corrected chi connectivity index (χ0v) is 13.7. The van der Waals surface area contributed by atoms with Gasteiger partial charge in [0.25, 0.3) is 0 Å². The second kappa shape index (κ2) is 7.60. The summed E-state index contributed by atoms with van der Waals surface area (Å²) in [6.07, 6.45) is 1.07. The van der Waals surface area contributed by atoms with Crippen LogP contribution in [0.3, 0.4) is 0 Å². The smallest absolute Gasteiger partial charge is 0.210 e. The molecule has 1 aromatic carbocycles. The lowest BCUT2D eigenvalue weighted by Gasteiger charge is -2.21. The Hall–Kier alpha value is -1.60. The van der Waals surface area contributed by atoms with Crippen molar-refractivity contribution in [1.82, 2.24) is 10.2 Å². The Bertz CT molecular complexity index is 601. The molecule has 0 aliphatic carbocycles. The number of sulfonamides is 1.